The van der Waals surface area contributed by atoms with E-state index in [-0.39, 0.29) is 35.8 Å². The van der Waals surface area contributed by atoms with Gasteiger partial charge < -0.3 is 10.1 Å². The van der Waals surface area contributed by atoms with Gasteiger partial charge in [-0.2, -0.15) is 0 Å². The summed E-state index contributed by atoms with van der Waals surface area (Å²) in [5.41, 5.74) is 0.535. The summed E-state index contributed by atoms with van der Waals surface area (Å²) in [7, 11) is -3.57. The fraction of sp³-hybridized carbons (Fsp3) is 0.500. The zero-order valence-electron chi connectivity index (χ0n) is 12.0. The van der Waals surface area contributed by atoms with Crippen LogP contribution >= 0.6 is 11.6 Å². The maximum atomic E-state index is 12.2. The summed E-state index contributed by atoms with van der Waals surface area (Å²) >= 11 is 5.48. The van der Waals surface area contributed by atoms with Gasteiger partial charge in [0.25, 0.3) is 0 Å². The normalized spacial score (nSPS) is 18.3. The first-order valence-electron chi connectivity index (χ1n) is 7.08. The number of nitrogens with one attached hydrogen (secondary N) is 2. The summed E-state index contributed by atoms with van der Waals surface area (Å²) < 4.78 is 32.2. The number of rotatable bonds is 7. The predicted octanol–water partition coefficient (Wildman–Crippen LogP) is 1.71. The molecule has 1 aliphatic rings. The number of halogens is 1. The molecule has 0 spiro atoms. The Morgan fingerprint density at radius 2 is 2.05 bits per heavy atom. The molecule has 0 bridgehead atoms. The van der Waals surface area contributed by atoms with E-state index in [0.717, 1.165) is 12.8 Å². The summed E-state index contributed by atoms with van der Waals surface area (Å²) in [6, 6.07) is 6.00. The summed E-state index contributed by atoms with van der Waals surface area (Å²) in [5, 5.41) is 2.64. The average molecular weight is 347 g/mol. The number of carbonyl (C=O) groups is 1. The molecule has 2 N–H and O–H groups in total. The number of alkyl halides is 1. The number of ether oxygens (including phenoxy) is 1. The highest BCUT2D eigenvalue weighted by Crippen LogP contribution is 2.16. The number of anilines is 1. The number of hydrogen-bond donors (Lipinski definition) is 2. The van der Waals surface area contributed by atoms with Gasteiger partial charge in [0.1, 0.15) is 0 Å². The van der Waals surface area contributed by atoms with Crippen LogP contribution in [0.2, 0.25) is 0 Å². The van der Waals surface area contributed by atoms with Gasteiger partial charge in [-0.3, -0.25) is 4.79 Å². The molecule has 1 aromatic carbocycles. The van der Waals surface area contributed by atoms with Crippen molar-refractivity contribution in [1.29, 1.82) is 0 Å². The van der Waals surface area contributed by atoms with Crippen molar-refractivity contribution < 1.29 is 17.9 Å². The number of hydrogen-bond acceptors (Lipinski definition) is 4. The second-order valence-corrected chi connectivity index (χ2v) is 7.14. The van der Waals surface area contributed by atoms with Gasteiger partial charge in [0.05, 0.1) is 11.0 Å². The van der Waals surface area contributed by atoms with E-state index in [4.69, 9.17) is 16.3 Å². The third-order valence-corrected chi connectivity index (χ3v) is 4.92. The molecule has 1 aromatic rings. The molecule has 122 valence electrons. The van der Waals surface area contributed by atoms with Crippen molar-refractivity contribution in [2.24, 2.45) is 0 Å². The Morgan fingerprint density at radius 3 is 2.64 bits per heavy atom. The van der Waals surface area contributed by atoms with E-state index in [1.807, 2.05) is 0 Å². The van der Waals surface area contributed by atoms with Crippen molar-refractivity contribution in [3.05, 3.63) is 24.3 Å². The molecule has 1 amide bonds. The van der Waals surface area contributed by atoms with Crippen LogP contribution in [0.25, 0.3) is 0 Å². The third kappa shape index (κ3) is 4.95. The lowest BCUT2D eigenvalue weighted by atomic mass is 10.2. The Labute approximate surface area is 135 Å². The molecule has 1 heterocycles. The lowest BCUT2D eigenvalue weighted by Gasteiger charge is -2.12. The zero-order valence-corrected chi connectivity index (χ0v) is 13.6. The van der Waals surface area contributed by atoms with Crippen LogP contribution in [-0.4, -0.2) is 39.5 Å². The van der Waals surface area contributed by atoms with Gasteiger partial charge in [0.15, 0.2) is 0 Å². The topological polar surface area (TPSA) is 84.5 Å². The Morgan fingerprint density at radius 1 is 1.32 bits per heavy atom. The lowest BCUT2D eigenvalue weighted by molar-refractivity contribution is -0.115. The molecular weight excluding hydrogens is 328 g/mol. The monoisotopic (exact) mass is 346 g/mol. The minimum absolute atomic E-state index is 0.0520. The van der Waals surface area contributed by atoms with E-state index in [0.29, 0.717) is 12.3 Å². The minimum atomic E-state index is -3.57. The lowest BCUT2D eigenvalue weighted by Crippen LogP contribution is -2.31. The van der Waals surface area contributed by atoms with Crippen molar-refractivity contribution in [3.8, 4) is 0 Å². The maximum absolute atomic E-state index is 12.2. The molecule has 0 unspecified atom stereocenters. The molecule has 0 aromatic heterocycles. The van der Waals surface area contributed by atoms with E-state index in [1.165, 1.54) is 12.1 Å². The summed E-state index contributed by atoms with van der Waals surface area (Å²) in [6.45, 7) is 0.958. The largest absolute Gasteiger partial charge is 0.377 e. The fourth-order valence-corrected chi connectivity index (χ4v) is 3.36. The van der Waals surface area contributed by atoms with E-state index in [2.05, 4.69) is 10.0 Å². The molecule has 1 atom stereocenters. The van der Waals surface area contributed by atoms with Crippen molar-refractivity contribution in [2.75, 3.05) is 24.3 Å². The SMILES string of the molecule is O=C(CCCl)Nc1ccc(S(=O)(=O)NC[C@H]2CCCO2)cc1. The molecule has 6 nitrogen and oxygen atoms in total. The highest BCUT2D eigenvalue weighted by Gasteiger charge is 2.20. The van der Waals surface area contributed by atoms with Crippen LogP contribution in [0.5, 0.6) is 0 Å². The van der Waals surface area contributed by atoms with Gasteiger partial charge >= 0.3 is 0 Å². The second-order valence-electron chi connectivity index (χ2n) is 5.00. The van der Waals surface area contributed by atoms with Crippen LogP contribution in [0.3, 0.4) is 0 Å². The molecule has 0 saturated carbocycles. The van der Waals surface area contributed by atoms with Gasteiger partial charge in [-0.05, 0) is 37.1 Å². The van der Waals surface area contributed by atoms with Gasteiger partial charge in [-0.1, -0.05) is 0 Å². The minimum Gasteiger partial charge on any atom is -0.377 e. The first-order valence-corrected chi connectivity index (χ1v) is 9.10. The first-order chi connectivity index (χ1) is 10.5. The highest BCUT2D eigenvalue weighted by molar-refractivity contribution is 7.89. The molecule has 0 radical (unpaired) electrons. The van der Waals surface area contributed by atoms with Gasteiger partial charge in [-0.25, -0.2) is 13.1 Å². The van der Waals surface area contributed by atoms with Crippen molar-refractivity contribution >= 4 is 33.2 Å². The molecule has 2 rings (SSSR count). The van der Waals surface area contributed by atoms with Crippen LogP contribution in [0.4, 0.5) is 5.69 Å². The third-order valence-electron chi connectivity index (χ3n) is 3.29. The summed E-state index contributed by atoms with van der Waals surface area (Å²) in [6.07, 6.45) is 1.99. The molecule has 22 heavy (non-hydrogen) atoms. The van der Waals surface area contributed by atoms with Crippen LogP contribution in [0, 0.1) is 0 Å². The van der Waals surface area contributed by atoms with Gasteiger partial charge in [0.2, 0.25) is 15.9 Å². The van der Waals surface area contributed by atoms with E-state index < -0.39 is 10.0 Å². The number of sulfonamides is 1. The molecular formula is C14H19ClN2O4S. The van der Waals surface area contributed by atoms with E-state index >= 15 is 0 Å². The van der Waals surface area contributed by atoms with Crippen LogP contribution in [0.1, 0.15) is 19.3 Å². The van der Waals surface area contributed by atoms with E-state index in [1.54, 1.807) is 12.1 Å². The predicted molar refractivity (Wildman–Crippen MR) is 84.6 cm³/mol. The molecule has 8 heteroatoms. The molecule has 1 fully saturated rings. The highest BCUT2D eigenvalue weighted by atomic mass is 35.5. The second kappa shape index (κ2) is 7.92. The number of amides is 1. The Hall–Kier alpha value is -1.15. The van der Waals surface area contributed by atoms with Crippen LogP contribution in [-0.2, 0) is 19.6 Å². The molecule has 1 aliphatic heterocycles. The van der Waals surface area contributed by atoms with Gasteiger partial charge in [0, 0.05) is 31.1 Å². The summed E-state index contributed by atoms with van der Waals surface area (Å²) in [4.78, 5) is 11.6. The Kier molecular flexibility index (Phi) is 6.19. The van der Waals surface area contributed by atoms with E-state index in [9.17, 15) is 13.2 Å². The average Bonchev–Trinajstić information content (AvgIpc) is 2.99. The zero-order chi connectivity index (χ0) is 16.0. The quantitative estimate of drug-likeness (QED) is 0.736. The molecule has 0 aliphatic carbocycles. The first kappa shape index (κ1) is 17.2. The van der Waals surface area contributed by atoms with Crippen molar-refractivity contribution in [3.63, 3.8) is 0 Å². The Bertz CT molecular complexity index is 598. The standard InChI is InChI=1S/C14H19ClN2O4S/c15-8-7-14(18)17-11-3-5-13(6-4-11)22(19,20)16-10-12-2-1-9-21-12/h3-6,12,16H,1-2,7-10H2,(H,17,18)/t12-/m1/s1. The fourth-order valence-electron chi connectivity index (χ4n) is 2.12. The van der Waals surface area contributed by atoms with Crippen molar-refractivity contribution in [2.45, 2.75) is 30.3 Å². The van der Waals surface area contributed by atoms with Crippen LogP contribution < -0.4 is 10.0 Å². The molecule has 1 saturated heterocycles. The number of carbonyl (C=O) groups excluding carboxylic acids is 1. The van der Waals surface area contributed by atoms with Gasteiger partial charge in [-0.15, -0.1) is 11.6 Å². The summed E-state index contributed by atoms with van der Waals surface area (Å²) in [5.74, 6) is 0.0351. The number of benzene rings is 1. The Balaban J connectivity index is 1.94. The smallest absolute Gasteiger partial charge is 0.240 e. The van der Waals surface area contributed by atoms with Crippen molar-refractivity contribution in [1.82, 2.24) is 4.72 Å². The van der Waals surface area contributed by atoms with Crippen LogP contribution in [0.15, 0.2) is 29.2 Å². The maximum Gasteiger partial charge on any atom is 0.240 e.